The number of methoxy groups -OCH3 is 1. The van der Waals surface area contributed by atoms with Gasteiger partial charge in [-0.15, -0.1) is 0 Å². The molecule has 6 heteroatoms. The van der Waals surface area contributed by atoms with Crippen LogP contribution in [0.5, 0.6) is 5.75 Å². The molecule has 1 aliphatic carbocycles. The number of rotatable bonds is 7. The Morgan fingerprint density at radius 1 is 1.29 bits per heavy atom. The molecule has 1 aliphatic rings. The van der Waals surface area contributed by atoms with Crippen LogP contribution in [0.4, 0.5) is 0 Å². The van der Waals surface area contributed by atoms with E-state index in [-0.39, 0.29) is 17.5 Å². The van der Waals surface area contributed by atoms with Gasteiger partial charge in [-0.3, -0.25) is 0 Å². The first-order valence-corrected chi connectivity index (χ1v) is 8.77. The van der Waals surface area contributed by atoms with Gasteiger partial charge in [0.25, 0.3) is 0 Å². The highest BCUT2D eigenvalue weighted by molar-refractivity contribution is 7.89. The Kier molecular flexibility index (Phi) is 5.61. The molecule has 0 heterocycles. The van der Waals surface area contributed by atoms with E-state index in [1.165, 1.54) is 20.0 Å². The molecule has 1 saturated carbocycles. The molecule has 0 radical (unpaired) electrons. The van der Waals surface area contributed by atoms with Gasteiger partial charge in [-0.25, -0.2) is 13.1 Å². The summed E-state index contributed by atoms with van der Waals surface area (Å²) in [5.41, 5.74) is 0.690. The van der Waals surface area contributed by atoms with Crippen molar-refractivity contribution in [2.45, 2.75) is 43.6 Å². The largest absolute Gasteiger partial charge is 0.490 e. The lowest BCUT2D eigenvalue weighted by Crippen LogP contribution is -2.27. The van der Waals surface area contributed by atoms with Gasteiger partial charge in [-0.1, -0.05) is 0 Å². The number of hydrogen-bond acceptors (Lipinski definition) is 4. The van der Waals surface area contributed by atoms with Crippen LogP contribution in [0, 0.1) is 6.92 Å². The topological polar surface area (TPSA) is 64.6 Å². The Bertz CT molecular complexity index is 565. The van der Waals surface area contributed by atoms with Crippen molar-refractivity contribution in [2.75, 3.05) is 20.3 Å². The first-order valence-electron chi connectivity index (χ1n) is 7.29. The summed E-state index contributed by atoms with van der Waals surface area (Å²) in [7, 11) is -1.96. The van der Waals surface area contributed by atoms with Gasteiger partial charge in [0.05, 0.1) is 17.6 Å². The molecule has 0 unspecified atom stereocenters. The fourth-order valence-electron chi connectivity index (χ4n) is 2.55. The molecule has 0 bridgehead atoms. The van der Waals surface area contributed by atoms with E-state index in [1.54, 1.807) is 25.1 Å². The number of benzene rings is 1. The zero-order valence-electron chi connectivity index (χ0n) is 12.6. The molecule has 0 aliphatic heterocycles. The van der Waals surface area contributed by atoms with E-state index in [9.17, 15) is 8.42 Å². The molecule has 1 aromatic carbocycles. The van der Waals surface area contributed by atoms with E-state index in [0.29, 0.717) is 12.2 Å². The number of sulfonamides is 1. The van der Waals surface area contributed by atoms with Crippen molar-refractivity contribution < 1.29 is 17.9 Å². The van der Waals surface area contributed by atoms with Crippen LogP contribution in [0.1, 0.15) is 31.2 Å². The molecule has 1 aromatic rings. The van der Waals surface area contributed by atoms with Crippen molar-refractivity contribution in [1.29, 1.82) is 0 Å². The van der Waals surface area contributed by atoms with E-state index in [2.05, 4.69) is 4.72 Å². The minimum atomic E-state index is -3.49. The van der Waals surface area contributed by atoms with Crippen LogP contribution >= 0.6 is 0 Å². The standard InChI is InChI=1S/C15H23NO4S/c1-12-11-14(20-13-5-3-4-6-13)7-8-15(12)21(17,18)16-9-10-19-2/h7-8,11,13,16H,3-6,9-10H2,1-2H3. The van der Waals surface area contributed by atoms with E-state index >= 15 is 0 Å². The Morgan fingerprint density at radius 3 is 2.62 bits per heavy atom. The quantitative estimate of drug-likeness (QED) is 0.784. The van der Waals surface area contributed by atoms with Crippen LogP contribution in [0.25, 0.3) is 0 Å². The maximum absolute atomic E-state index is 12.2. The molecule has 0 spiro atoms. The lowest BCUT2D eigenvalue weighted by molar-refractivity contribution is 0.204. The third-order valence-electron chi connectivity index (χ3n) is 3.64. The van der Waals surface area contributed by atoms with Gasteiger partial charge < -0.3 is 9.47 Å². The summed E-state index contributed by atoms with van der Waals surface area (Å²) in [5.74, 6) is 0.746. The first kappa shape index (κ1) is 16.3. The average molecular weight is 313 g/mol. The highest BCUT2D eigenvalue weighted by atomic mass is 32.2. The maximum Gasteiger partial charge on any atom is 0.240 e. The molecule has 0 atom stereocenters. The average Bonchev–Trinajstić information content (AvgIpc) is 2.91. The summed E-state index contributed by atoms with van der Waals surface area (Å²) < 4.78 is 37.6. The number of ether oxygens (including phenoxy) is 2. The summed E-state index contributed by atoms with van der Waals surface area (Å²) in [6.07, 6.45) is 4.85. The summed E-state index contributed by atoms with van der Waals surface area (Å²) >= 11 is 0. The lowest BCUT2D eigenvalue weighted by Gasteiger charge is -2.15. The van der Waals surface area contributed by atoms with E-state index in [4.69, 9.17) is 9.47 Å². The zero-order chi connectivity index (χ0) is 15.3. The Balaban J connectivity index is 2.07. The van der Waals surface area contributed by atoms with Crippen molar-refractivity contribution in [3.8, 4) is 5.75 Å². The zero-order valence-corrected chi connectivity index (χ0v) is 13.4. The number of hydrogen-bond donors (Lipinski definition) is 1. The Hall–Kier alpha value is -1.11. The van der Waals surface area contributed by atoms with Crippen molar-refractivity contribution >= 4 is 10.0 Å². The van der Waals surface area contributed by atoms with Crippen LogP contribution in [-0.2, 0) is 14.8 Å². The van der Waals surface area contributed by atoms with Crippen LogP contribution in [0.3, 0.4) is 0 Å². The second-order valence-electron chi connectivity index (χ2n) is 5.34. The highest BCUT2D eigenvalue weighted by Crippen LogP contribution is 2.26. The number of aryl methyl sites for hydroxylation is 1. The second kappa shape index (κ2) is 7.24. The molecule has 0 amide bonds. The van der Waals surface area contributed by atoms with Crippen LogP contribution in [-0.4, -0.2) is 34.8 Å². The van der Waals surface area contributed by atoms with Gasteiger partial charge in [0.1, 0.15) is 5.75 Å². The maximum atomic E-state index is 12.2. The predicted molar refractivity (Wildman–Crippen MR) is 81.1 cm³/mol. The normalized spacial score (nSPS) is 16.3. The summed E-state index contributed by atoms with van der Waals surface area (Å²) in [6, 6.07) is 5.13. The van der Waals surface area contributed by atoms with Crippen LogP contribution < -0.4 is 9.46 Å². The predicted octanol–water partition coefficient (Wildman–Crippen LogP) is 2.24. The Morgan fingerprint density at radius 2 is 2.00 bits per heavy atom. The summed E-state index contributed by atoms with van der Waals surface area (Å²) in [4.78, 5) is 0.289. The summed E-state index contributed by atoms with van der Waals surface area (Å²) in [5, 5.41) is 0. The molecule has 1 fully saturated rings. The third kappa shape index (κ3) is 4.43. The molecular formula is C15H23NO4S. The molecule has 0 saturated heterocycles. The molecular weight excluding hydrogens is 290 g/mol. The SMILES string of the molecule is COCCNS(=O)(=O)c1ccc(OC2CCCC2)cc1C. The Labute approximate surface area is 126 Å². The van der Waals surface area contributed by atoms with Gasteiger partial charge in [0.2, 0.25) is 10.0 Å². The fourth-order valence-corrected chi connectivity index (χ4v) is 3.79. The van der Waals surface area contributed by atoms with Gasteiger partial charge in [0.15, 0.2) is 0 Å². The van der Waals surface area contributed by atoms with Crippen LogP contribution in [0.15, 0.2) is 23.1 Å². The van der Waals surface area contributed by atoms with Crippen molar-refractivity contribution in [3.05, 3.63) is 23.8 Å². The summed E-state index contributed by atoms with van der Waals surface area (Å²) in [6.45, 7) is 2.39. The van der Waals surface area contributed by atoms with Crippen LogP contribution in [0.2, 0.25) is 0 Å². The van der Waals surface area contributed by atoms with Crippen molar-refractivity contribution in [1.82, 2.24) is 4.72 Å². The first-order chi connectivity index (χ1) is 10.0. The van der Waals surface area contributed by atoms with Crippen molar-refractivity contribution in [3.63, 3.8) is 0 Å². The van der Waals surface area contributed by atoms with E-state index in [1.807, 2.05) is 0 Å². The lowest BCUT2D eigenvalue weighted by atomic mass is 10.2. The third-order valence-corrected chi connectivity index (χ3v) is 5.26. The van der Waals surface area contributed by atoms with E-state index in [0.717, 1.165) is 18.6 Å². The molecule has 1 N–H and O–H groups in total. The van der Waals surface area contributed by atoms with Gasteiger partial charge in [0, 0.05) is 13.7 Å². The van der Waals surface area contributed by atoms with E-state index < -0.39 is 10.0 Å². The molecule has 2 rings (SSSR count). The molecule has 5 nitrogen and oxygen atoms in total. The fraction of sp³-hybridized carbons (Fsp3) is 0.600. The van der Waals surface area contributed by atoms with Gasteiger partial charge >= 0.3 is 0 Å². The van der Waals surface area contributed by atoms with Gasteiger partial charge in [-0.2, -0.15) is 0 Å². The smallest absolute Gasteiger partial charge is 0.240 e. The molecule has 0 aromatic heterocycles. The minimum Gasteiger partial charge on any atom is -0.490 e. The molecule has 21 heavy (non-hydrogen) atoms. The minimum absolute atomic E-state index is 0.262. The van der Waals surface area contributed by atoms with Crippen molar-refractivity contribution in [2.24, 2.45) is 0 Å². The van der Waals surface area contributed by atoms with Gasteiger partial charge in [-0.05, 0) is 56.4 Å². The second-order valence-corrected chi connectivity index (χ2v) is 7.08. The molecule has 118 valence electrons. The highest BCUT2D eigenvalue weighted by Gasteiger charge is 2.19. The monoisotopic (exact) mass is 313 g/mol. The number of nitrogens with one attached hydrogen (secondary N) is 1.